The molecule has 0 bridgehead atoms. The first-order valence-corrected chi connectivity index (χ1v) is 45.9. The van der Waals surface area contributed by atoms with E-state index in [1.54, 1.807) is 0 Å². The maximum absolute atomic E-state index is 6.46. The minimum Gasteiger partial charge on any atom is -0.456 e. The number of thiophene rings is 1. The highest BCUT2D eigenvalue weighted by molar-refractivity contribution is 7.25. The lowest BCUT2D eigenvalue weighted by molar-refractivity contribution is 0.669. The molecule has 26 rings (SSSR count). The molecule has 0 N–H and O–H groups in total. The van der Waals surface area contributed by atoms with Crippen molar-refractivity contribution in [1.29, 1.82) is 0 Å². The molecule has 0 saturated carbocycles. The lowest BCUT2D eigenvalue weighted by Gasteiger charge is -2.16. The Labute approximate surface area is 784 Å². The third kappa shape index (κ3) is 14.9. The van der Waals surface area contributed by atoms with Crippen LogP contribution < -0.4 is 0 Å². The summed E-state index contributed by atoms with van der Waals surface area (Å²) in [6.45, 7) is 0. The number of nitrogens with zero attached hydrogens (tertiary/aromatic N) is 14. The van der Waals surface area contributed by atoms with Gasteiger partial charge in [0.15, 0.2) is 69.9 Å². The van der Waals surface area contributed by atoms with Crippen molar-refractivity contribution in [1.82, 2.24) is 68.9 Å². The second-order valence-electron chi connectivity index (χ2n) is 33.4. The lowest BCUT2D eigenvalue weighted by Crippen LogP contribution is -2.05. The molecule has 18 aromatic carbocycles. The van der Waals surface area contributed by atoms with Gasteiger partial charge in [0.25, 0.3) is 0 Å². The summed E-state index contributed by atoms with van der Waals surface area (Å²) in [6, 6.07) is 154. The number of hydrogen-bond acceptors (Lipinski definition) is 14. The van der Waals surface area contributed by atoms with Crippen LogP contribution in [-0.4, -0.2) is 68.9 Å². The molecule has 0 aliphatic heterocycles. The first-order chi connectivity index (χ1) is 67.4. The topological polar surface area (TPSA) is 178 Å². The Morgan fingerprint density at radius 2 is 0.441 bits per heavy atom. The van der Waals surface area contributed by atoms with Gasteiger partial charge in [-0.15, -0.1) is 11.3 Å². The minimum atomic E-state index is 0.497. The van der Waals surface area contributed by atoms with Gasteiger partial charge >= 0.3 is 0 Å². The molecule has 0 amide bonds. The van der Waals surface area contributed by atoms with Gasteiger partial charge in [-0.1, -0.05) is 358 Å². The standard InChI is InChI=1S/C60H37N7O.C60H37N7S/c1-5-18-38(19-6-1)42-26-17-27-43(34-42)58-64-57(41-24-11-4-12-25-41)65-60(66-58)49-35-44(59-62-55(39-20-7-2-8-21-39)61-56(63-59)40-22-9-3-10-23-40)32-33-51(49)67-50-30-15-13-28-45(50)47-37-54-48(36-52(47)67)46-29-14-16-31-53(46)68-54;1-5-17-38(18-6-1)39-29-31-43(32-30-39)58-62-57(42-23-11-4-12-24-42)65-60(66-58)49-35-44(59-63-55(40-19-7-2-8-20-40)61-56(64-59)41-21-9-3-10-22-41)33-34-51(49)67-50-27-15-13-25-45(50)47-37-54-48(36-52(47)67)46-26-14-16-28-53(46)68-54/h2*1-37H. The van der Waals surface area contributed by atoms with Crippen molar-refractivity contribution in [2.24, 2.45) is 0 Å². The quantitative estimate of drug-likeness (QED) is 0.0893. The Hall–Kier alpha value is -18.4. The summed E-state index contributed by atoms with van der Waals surface area (Å²) in [4.78, 5) is 62.5. The predicted molar refractivity (Wildman–Crippen MR) is 551 cm³/mol. The van der Waals surface area contributed by atoms with E-state index in [0.717, 1.165) is 161 Å². The monoisotopic (exact) mass is 1760 g/mol. The van der Waals surface area contributed by atoms with E-state index in [0.29, 0.717) is 69.9 Å². The van der Waals surface area contributed by atoms with Gasteiger partial charge in [-0.05, 0) is 113 Å². The number of furan rings is 1. The summed E-state index contributed by atoms with van der Waals surface area (Å²) in [7, 11) is 0. The van der Waals surface area contributed by atoms with Crippen molar-refractivity contribution in [3.63, 3.8) is 0 Å². The summed E-state index contributed by atoms with van der Waals surface area (Å²) in [5.74, 6) is 6.64. The van der Waals surface area contributed by atoms with Gasteiger partial charge < -0.3 is 13.6 Å². The molecular formula is C120H74N14OS. The van der Waals surface area contributed by atoms with E-state index in [2.05, 4.69) is 252 Å². The van der Waals surface area contributed by atoms with E-state index in [1.807, 2.05) is 218 Å². The van der Waals surface area contributed by atoms with E-state index in [4.69, 9.17) is 64.2 Å². The zero-order chi connectivity index (χ0) is 89.9. The Morgan fingerprint density at radius 1 is 0.154 bits per heavy atom. The van der Waals surface area contributed by atoms with Crippen molar-refractivity contribution in [3.8, 4) is 170 Å². The number of rotatable bonds is 16. The molecule has 0 spiro atoms. The number of aromatic nitrogens is 14. The zero-order valence-electron chi connectivity index (χ0n) is 72.8. The number of hydrogen-bond donors (Lipinski definition) is 0. The molecule has 26 aromatic rings. The summed E-state index contributed by atoms with van der Waals surface area (Å²) in [5, 5.41) is 9.06. The van der Waals surface area contributed by atoms with Crippen LogP contribution in [0.5, 0.6) is 0 Å². The molecule has 15 nitrogen and oxygen atoms in total. The van der Waals surface area contributed by atoms with E-state index in [1.165, 1.54) is 25.6 Å². The second kappa shape index (κ2) is 34.2. The average Bonchev–Trinajstić information content (AvgIpc) is 1.56. The molecule has 8 aromatic heterocycles. The molecule has 8 heterocycles. The molecule has 0 saturated heterocycles. The van der Waals surface area contributed by atoms with Crippen molar-refractivity contribution in [3.05, 3.63) is 449 Å². The Kier molecular flexibility index (Phi) is 20.0. The predicted octanol–water partition coefficient (Wildman–Crippen LogP) is 29.9. The van der Waals surface area contributed by atoms with Crippen molar-refractivity contribution < 1.29 is 4.42 Å². The lowest BCUT2D eigenvalue weighted by atomic mass is 10.0. The van der Waals surface area contributed by atoms with Crippen LogP contribution in [0.1, 0.15) is 0 Å². The largest absolute Gasteiger partial charge is 0.456 e. The highest BCUT2D eigenvalue weighted by Gasteiger charge is 2.28. The van der Waals surface area contributed by atoms with Gasteiger partial charge in [-0.25, -0.2) is 59.8 Å². The van der Waals surface area contributed by atoms with Crippen LogP contribution in [0, 0.1) is 0 Å². The molecule has 0 fully saturated rings. The van der Waals surface area contributed by atoms with E-state index >= 15 is 0 Å². The summed E-state index contributed by atoms with van der Waals surface area (Å²) >= 11 is 1.83. The maximum Gasteiger partial charge on any atom is 0.166 e. The van der Waals surface area contributed by atoms with Crippen LogP contribution in [0.2, 0.25) is 0 Å². The van der Waals surface area contributed by atoms with Crippen LogP contribution in [0.15, 0.2) is 453 Å². The first-order valence-electron chi connectivity index (χ1n) is 45.0. The van der Waals surface area contributed by atoms with Gasteiger partial charge in [0.2, 0.25) is 0 Å². The Balaban J connectivity index is 0.000000145. The molecule has 0 radical (unpaired) electrons. The Bertz CT molecular complexity index is 8960. The Morgan fingerprint density at radius 3 is 0.868 bits per heavy atom. The second-order valence-corrected chi connectivity index (χ2v) is 34.5. The third-order valence-electron chi connectivity index (χ3n) is 25.0. The molecular weight excluding hydrogens is 1690 g/mol. The minimum absolute atomic E-state index is 0.497. The number of para-hydroxylation sites is 3. The van der Waals surface area contributed by atoms with Crippen LogP contribution in [0.25, 0.3) is 256 Å². The maximum atomic E-state index is 6.46. The van der Waals surface area contributed by atoms with Crippen LogP contribution >= 0.6 is 11.3 Å². The van der Waals surface area contributed by atoms with Gasteiger partial charge in [0.1, 0.15) is 11.2 Å². The molecule has 0 atom stereocenters. The van der Waals surface area contributed by atoms with E-state index < -0.39 is 0 Å². The smallest absolute Gasteiger partial charge is 0.166 e. The van der Waals surface area contributed by atoms with Crippen LogP contribution in [-0.2, 0) is 0 Å². The molecule has 136 heavy (non-hydrogen) atoms. The third-order valence-corrected chi connectivity index (χ3v) is 26.2. The van der Waals surface area contributed by atoms with Crippen molar-refractivity contribution in [2.75, 3.05) is 0 Å². The van der Waals surface area contributed by atoms with Gasteiger partial charge in [0.05, 0.1) is 33.4 Å². The van der Waals surface area contributed by atoms with Crippen molar-refractivity contribution in [2.45, 2.75) is 0 Å². The fourth-order valence-corrected chi connectivity index (χ4v) is 19.6. The first kappa shape index (κ1) is 79.8. The van der Waals surface area contributed by atoms with Gasteiger partial charge in [-0.3, -0.25) is 0 Å². The van der Waals surface area contributed by atoms with Crippen LogP contribution in [0.4, 0.5) is 0 Å². The molecule has 0 unspecified atom stereocenters. The molecule has 0 aliphatic carbocycles. The van der Waals surface area contributed by atoms with Crippen molar-refractivity contribution >= 4 is 97.1 Å². The summed E-state index contributed by atoms with van der Waals surface area (Å²) < 4.78 is 13.7. The average molecular weight is 1760 g/mol. The molecule has 16 heteroatoms. The van der Waals surface area contributed by atoms with Gasteiger partial charge in [0, 0.05) is 119 Å². The van der Waals surface area contributed by atoms with E-state index in [-0.39, 0.29) is 0 Å². The summed E-state index contributed by atoms with van der Waals surface area (Å²) in [6.07, 6.45) is 0. The van der Waals surface area contributed by atoms with E-state index in [9.17, 15) is 0 Å². The normalized spacial score (nSPS) is 11.5. The zero-order valence-corrected chi connectivity index (χ0v) is 73.6. The highest BCUT2D eigenvalue weighted by Crippen LogP contribution is 2.47. The van der Waals surface area contributed by atoms with Gasteiger partial charge in [-0.2, -0.15) is 0 Å². The highest BCUT2D eigenvalue weighted by atomic mass is 32.1. The molecule has 636 valence electrons. The molecule has 0 aliphatic rings. The summed E-state index contributed by atoms with van der Waals surface area (Å²) in [5.41, 5.74) is 22.3. The van der Waals surface area contributed by atoms with Crippen LogP contribution in [0.3, 0.4) is 0 Å². The number of benzene rings is 18. The number of fused-ring (bicyclic) bond motifs is 12. The SMILES string of the molecule is c1ccc(-c2ccc(-c3nc(-c4ccccc4)nc(-c4cc(-c5nc(-c6ccccc6)nc(-c6ccccc6)n5)ccc4-n4c5ccccc5c5cc6sc7ccccc7c6cc54)n3)cc2)cc1.c1ccc(-c2cccc(-c3nc(-c4ccccc4)nc(-c4cc(-c5nc(-c6ccccc6)nc(-c6ccccc6)n5)ccc4-n4c5ccccc5c5cc6oc7ccccc7c6cc54)n3)c2)cc1. The fraction of sp³-hybridized carbons (Fsp3) is 0. The fourth-order valence-electron chi connectivity index (χ4n) is 18.5.